The van der Waals surface area contributed by atoms with Gasteiger partial charge < -0.3 is 5.32 Å². The van der Waals surface area contributed by atoms with E-state index >= 15 is 0 Å². The molecule has 2 rings (SSSR count). The number of aromatic nitrogens is 2. The Morgan fingerprint density at radius 1 is 1.40 bits per heavy atom. The Balaban J connectivity index is 1.99. The van der Waals surface area contributed by atoms with Gasteiger partial charge in [0.05, 0.1) is 5.69 Å². The van der Waals surface area contributed by atoms with Gasteiger partial charge in [-0.25, -0.2) is 0 Å². The molecule has 1 unspecified atom stereocenters. The first-order valence-electron chi connectivity index (χ1n) is 7.86. The van der Waals surface area contributed by atoms with Crippen LogP contribution in [0.5, 0.6) is 0 Å². The second kappa shape index (κ2) is 6.27. The van der Waals surface area contributed by atoms with Crippen LogP contribution in [0, 0.1) is 5.41 Å². The average Bonchev–Trinajstić information content (AvgIpc) is 2.66. The Kier molecular flexibility index (Phi) is 4.86. The minimum absolute atomic E-state index is 0.305. The van der Waals surface area contributed by atoms with E-state index in [4.69, 9.17) is 0 Å². The summed E-state index contributed by atoms with van der Waals surface area (Å²) in [6, 6.07) is 3.15. The molecule has 0 aliphatic carbocycles. The summed E-state index contributed by atoms with van der Waals surface area (Å²) in [5, 5.41) is 8.37. The topological polar surface area (TPSA) is 33.1 Å². The number of rotatable bonds is 3. The molecule has 2 heterocycles. The molecule has 1 saturated heterocycles. The van der Waals surface area contributed by atoms with Gasteiger partial charge in [-0.15, -0.1) is 0 Å². The molecule has 4 nitrogen and oxygen atoms in total. The molecule has 0 amide bonds. The van der Waals surface area contributed by atoms with Crippen molar-refractivity contribution in [2.75, 3.05) is 19.6 Å². The fourth-order valence-corrected chi connectivity index (χ4v) is 2.70. The van der Waals surface area contributed by atoms with Crippen LogP contribution in [-0.4, -0.2) is 40.4 Å². The van der Waals surface area contributed by atoms with E-state index in [1.165, 1.54) is 12.1 Å². The molecule has 1 aliphatic rings. The summed E-state index contributed by atoms with van der Waals surface area (Å²) >= 11 is 0. The minimum atomic E-state index is 0.305. The molecular weight excluding hydrogens is 248 g/mol. The van der Waals surface area contributed by atoms with E-state index in [-0.39, 0.29) is 0 Å². The Morgan fingerprint density at radius 3 is 2.75 bits per heavy atom. The first-order chi connectivity index (χ1) is 9.36. The summed E-state index contributed by atoms with van der Waals surface area (Å²) in [6.45, 7) is 15.7. The minimum Gasteiger partial charge on any atom is -0.312 e. The summed E-state index contributed by atoms with van der Waals surface area (Å²) in [5.41, 5.74) is 1.49. The molecular formula is C16H30N4. The monoisotopic (exact) mass is 278 g/mol. The molecule has 0 aromatic carbocycles. The SMILES string of the molecule is CC(C)n1ccc(CN2CCCNC(C(C)(C)C)C2)n1. The van der Waals surface area contributed by atoms with Crippen molar-refractivity contribution in [3.05, 3.63) is 18.0 Å². The Hall–Kier alpha value is -0.870. The Labute approximate surface area is 123 Å². The van der Waals surface area contributed by atoms with E-state index in [0.29, 0.717) is 17.5 Å². The summed E-state index contributed by atoms with van der Waals surface area (Å²) in [4.78, 5) is 2.54. The van der Waals surface area contributed by atoms with Crippen molar-refractivity contribution in [1.82, 2.24) is 20.0 Å². The second-order valence-electron chi connectivity index (χ2n) is 7.34. The molecule has 0 bridgehead atoms. The quantitative estimate of drug-likeness (QED) is 0.923. The van der Waals surface area contributed by atoms with Gasteiger partial charge in [-0.1, -0.05) is 20.8 Å². The van der Waals surface area contributed by atoms with Crippen molar-refractivity contribution in [2.24, 2.45) is 5.41 Å². The summed E-state index contributed by atoms with van der Waals surface area (Å²) in [7, 11) is 0. The fraction of sp³-hybridized carbons (Fsp3) is 0.812. The number of hydrogen-bond donors (Lipinski definition) is 1. The van der Waals surface area contributed by atoms with E-state index in [0.717, 1.165) is 26.2 Å². The van der Waals surface area contributed by atoms with Crippen LogP contribution in [-0.2, 0) is 6.54 Å². The molecule has 0 saturated carbocycles. The van der Waals surface area contributed by atoms with Gasteiger partial charge in [-0.05, 0) is 44.8 Å². The molecule has 4 heteroatoms. The van der Waals surface area contributed by atoms with Crippen LogP contribution in [0.1, 0.15) is 52.8 Å². The first-order valence-corrected chi connectivity index (χ1v) is 7.86. The van der Waals surface area contributed by atoms with Crippen LogP contribution in [0.4, 0.5) is 0 Å². The van der Waals surface area contributed by atoms with Gasteiger partial charge in [-0.2, -0.15) is 5.10 Å². The highest BCUT2D eigenvalue weighted by atomic mass is 15.3. The van der Waals surface area contributed by atoms with E-state index in [1.54, 1.807) is 0 Å². The number of hydrogen-bond acceptors (Lipinski definition) is 3. The average molecular weight is 278 g/mol. The van der Waals surface area contributed by atoms with Crippen LogP contribution in [0.3, 0.4) is 0 Å². The van der Waals surface area contributed by atoms with Crippen molar-refractivity contribution >= 4 is 0 Å². The van der Waals surface area contributed by atoms with Crippen LogP contribution in [0.15, 0.2) is 12.3 Å². The predicted molar refractivity (Wildman–Crippen MR) is 83.8 cm³/mol. The molecule has 114 valence electrons. The van der Waals surface area contributed by atoms with Gasteiger partial charge >= 0.3 is 0 Å². The van der Waals surface area contributed by atoms with Crippen molar-refractivity contribution in [2.45, 2.75) is 59.7 Å². The lowest BCUT2D eigenvalue weighted by Gasteiger charge is -2.33. The molecule has 1 aromatic rings. The van der Waals surface area contributed by atoms with E-state index < -0.39 is 0 Å². The van der Waals surface area contributed by atoms with Gasteiger partial charge in [-0.3, -0.25) is 9.58 Å². The largest absolute Gasteiger partial charge is 0.312 e. The maximum atomic E-state index is 4.68. The summed E-state index contributed by atoms with van der Waals surface area (Å²) in [6.07, 6.45) is 3.31. The normalized spacial score (nSPS) is 22.2. The first kappa shape index (κ1) is 15.5. The molecule has 20 heavy (non-hydrogen) atoms. The smallest absolute Gasteiger partial charge is 0.0764 e. The highest BCUT2D eigenvalue weighted by Gasteiger charge is 2.28. The summed E-state index contributed by atoms with van der Waals surface area (Å²) < 4.78 is 2.05. The van der Waals surface area contributed by atoms with E-state index in [2.05, 4.69) is 62.2 Å². The Bertz CT molecular complexity index is 416. The second-order valence-corrected chi connectivity index (χ2v) is 7.34. The third kappa shape index (κ3) is 4.06. The van der Waals surface area contributed by atoms with Crippen LogP contribution < -0.4 is 5.32 Å². The van der Waals surface area contributed by atoms with Crippen molar-refractivity contribution < 1.29 is 0 Å². The number of nitrogens with zero attached hydrogens (tertiary/aromatic N) is 3. The van der Waals surface area contributed by atoms with Gasteiger partial charge in [0.1, 0.15) is 0 Å². The maximum Gasteiger partial charge on any atom is 0.0764 e. The molecule has 1 fully saturated rings. The van der Waals surface area contributed by atoms with Gasteiger partial charge in [0.2, 0.25) is 0 Å². The highest BCUT2D eigenvalue weighted by molar-refractivity contribution is 5.00. The lowest BCUT2D eigenvalue weighted by atomic mass is 9.86. The molecule has 1 N–H and O–H groups in total. The van der Waals surface area contributed by atoms with Crippen molar-refractivity contribution in [1.29, 1.82) is 0 Å². The molecule has 1 atom stereocenters. The molecule has 0 spiro atoms. The van der Waals surface area contributed by atoms with Crippen LogP contribution in [0.25, 0.3) is 0 Å². The molecule has 1 aromatic heterocycles. The van der Waals surface area contributed by atoms with Gasteiger partial charge in [0.15, 0.2) is 0 Å². The molecule has 0 radical (unpaired) electrons. The lowest BCUT2D eigenvalue weighted by molar-refractivity contribution is 0.190. The summed E-state index contributed by atoms with van der Waals surface area (Å²) in [5.74, 6) is 0. The Morgan fingerprint density at radius 2 is 2.15 bits per heavy atom. The molecule has 1 aliphatic heterocycles. The van der Waals surface area contributed by atoms with Crippen LogP contribution in [0.2, 0.25) is 0 Å². The van der Waals surface area contributed by atoms with Crippen molar-refractivity contribution in [3.63, 3.8) is 0 Å². The van der Waals surface area contributed by atoms with Crippen LogP contribution >= 0.6 is 0 Å². The third-order valence-corrected chi connectivity index (χ3v) is 4.11. The maximum absolute atomic E-state index is 4.68. The fourth-order valence-electron chi connectivity index (χ4n) is 2.70. The van der Waals surface area contributed by atoms with Gasteiger partial charge in [0.25, 0.3) is 0 Å². The third-order valence-electron chi connectivity index (χ3n) is 4.11. The number of nitrogens with one attached hydrogen (secondary N) is 1. The highest BCUT2D eigenvalue weighted by Crippen LogP contribution is 2.22. The van der Waals surface area contributed by atoms with Gasteiger partial charge in [0, 0.05) is 31.4 Å². The van der Waals surface area contributed by atoms with E-state index in [9.17, 15) is 0 Å². The predicted octanol–water partition coefficient (Wildman–Crippen LogP) is 2.67. The lowest BCUT2D eigenvalue weighted by Crippen LogP contribution is -2.46. The standard InChI is InChI=1S/C16H30N4/c1-13(2)20-10-7-14(18-20)11-19-9-6-8-17-15(12-19)16(3,4)5/h7,10,13,15,17H,6,8-9,11-12H2,1-5H3. The van der Waals surface area contributed by atoms with Crippen molar-refractivity contribution in [3.8, 4) is 0 Å². The zero-order chi connectivity index (χ0) is 14.8. The zero-order valence-electron chi connectivity index (χ0n) is 13.7. The zero-order valence-corrected chi connectivity index (χ0v) is 13.7. The van der Waals surface area contributed by atoms with E-state index in [1.807, 2.05) is 4.68 Å².